The van der Waals surface area contributed by atoms with E-state index in [2.05, 4.69) is 36.1 Å². The normalized spacial score (nSPS) is 10.8. The van der Waals surface area contributed by atoms with Gasteiger partial charge in [-0.05, 0) is 36.2 Å². The lowest BCUT2D eigenvalue weighted by molar-refractivity contribution is 0.0697. The zero-order valence-corrected chi connectivity index (χ0v) is 12.3. The van der Waals surface area contributed by atoms with Crippen molar-refractivity contribution in [2.45, 2.75) is 19.9 Å². The zero-order valence-electron chi connectivity index (χ0n) is 12.3. The first-order valence-electron chi connectivity index (χ1n) is 7.27. The van der Waals surface area contributed by atoms with Crippen LogP contribution in [0.2, 0.25) is 0 Å². The number of likely N-dealkylation sites (N-methyl/N-ethyl adjacent to an activating group) is 1. The van der Waals surface area contributed by atoms with Gasteiger partial charge in [0.05, 0.1) is 5.56 Å². The van der Waals surface area contributed by atoms with Gasteiger partial charge in [-0.3, -0.25) is 4.90 Å². The Hall–Kier alpha value is -2.13. The molecule has 0 aromatic heterocycles. The van der Waals surface area contributed by atoms with E-state index in [0.29, 0.717) is 5.56 Å². The largest absolute Gasteiger partial charge is 0.478 e. The van der Waals surface area contributed by atoms with E-state index in [1.165, 1.54) is 11.1 Å². The summed E-state index contributed by atoms with van der Waals surface area (Å²) in [6.45, 7) is 5.08. The third kappa shape index (κ3) is 4.72. The van der Waals surface area contributed by atoms with Crippen molar-refractivity contribution in [1.82, 2.24) is 4.90 Å². The van der Waals surface area contributed by atoms with Gasteiger partial charge in [0.25, 0.3) is 0 Å². The van der Waals surface area contributed by atoms with Gasteiger partial charge < -0.3 is 5.11 Å². The molecule has 21 heavy (non-hydrogen) atoms. The van der Waals surface area contributed by atoms with Crippen LogP contribution in [-0.2, 0) is 13.0 Å². The van der Waals surface area contributed by atoms with Crippen LogP contribution in [0.3, 0.4) is 0 Å². The third-order valence-corrected chi connectivity index (χ3v) is 3.61. The fourth-order valence-corrected chi connectivity index (χ4v) is 2.29. The average molecular weight is 283 g/mol. The van der Waals surface area contributed by atoms with Crippen molar-refractivity contribution in [3.8, 4) is 0 Å². The Morgan fingerprint density at radius 1 is 1.00 bits per heavy atom. The van der Waals surface area contributed by atoms with Gasteiger partial charge in [-0.1, -0.05) is 49.4 Å². The summed E-state index contributed by atoms with van der Waals surface area (Å²) >= 11 is 0. The Balaban J connectivity index is 1.89. The molecule has 1 N–H and O–H groups in total. The maximum absolute atomic E-state index is 10.8. The lowest BCUT2D eigenvalue weighted by Crippen LogP contribution is -2.25. The molecule has 0 heterocycles. The lowest BCUT2D eigenvalue weighted by Gasteiger charge is -2.20. The number of carboxylic acids is 1. The molecule has 0 saturated heterocycles. The molecule has 3 heteroatoms. The SMILES string of the molecule is CCN(CCc1ccc(C(=O)O)cc1)Cc1ccccc1. The van der Waals surface area contributed by atoms with Crippen molar-refractivity contribution in [1.29, 1.82) is 0 Å². The Morgan fingerprint density at radius 2 is 1.67 bits per heavy atom. The molecule has 3 nitrogen and oxygen atoms in total. The van der Waals surface area contributed by atoms with Gasteiger partial charge >= 0.3 is 5.97 Å². The molecule has 0 atom stereocenters. The molecule has 0 saturated carbocycles. The maximum Gasteiger partial charge on any atom is 0.335 e. The predicted octanol–water partition coefficient (Wildman–Crippen LogP) is 3.45. The molecule has 0 spiro atoms. The van der Waals surface area contributed by atoms with Gasteiger partial charge in [-0.15, -0.1) is 0 Å². The molecule has 0 amide bonds. The van der Waals surface area contributed by atoms with E-state index >= 15 is 0 Å². The zero-order chi connectivity index (χ0) is 15.1. The first-order chi connectivity index (χ1) is 10.2. The van der Waals surface area contributed by atoms with Crippen LogP contribution >= 0.6 is 0 Å². The smallest absolute Gasteiger partial charge is 0.335 e. The standard InChI is InChI=1S/C18H21NO2/c1-2-19(14-16-6-4-3-5-7-16)13-12-15-8-10-17(11-9-15)18(20)21/h3-11H,2,12-14H2,1H3,(H,20,21). The van der Waals surface area contributed by atoms with E-state index in [4.69, 9.17) is 5.11 Å². The first-order valence-corrected chi connectivity index (χ1v) is 7.27. The summed E-state index contributed by atoms with van der Waals surface area (Å²) in [6.07, 6.45) is 0.931. The molecule has 0 bridgehead atoms. The van der Waals surface area contributed by atoms with E-state index in [1.54, 1.807) is 12.1 Å². The van der Waals surface area contributed by atoms with Crippen LogP contribution < -0.4 is 0 Å². The van der Waals surface area contributed by atoms with E-state index in [0.717, 1.165) is 26.1 Å². The summed E-state index contributed by atoms with van der Waals surface area (Å²) in [7, 11) is 0. The van der Waals surface area contributed by atoms with Gasteiger partial charge in [0.15, 0.2) is 0 Å². The third-order valence-electron chi connectivity index (χ3n) is 3.61. The molecule has 2 aromatic carbocycles. The van der Waals surface area contributed by atoms with Gasteiger partial charge in [0.1, 0.15) is 0 Å². The molecule has 0 aliphatic rings. The average Bonchev–Trinajstić information content (AvgIpc) is 2.52. The summed E-state index contributed by atoms with van der Waals surface area (Å²) in [4.78, 5) is 13.2. The van der Waals surface area contributed by atoms with Crippen molar-refractivity contribution in [3.05, 3.63) is 71.3 Å². The van der Waals surface area contributed by atoms with Crippen molar-refractivity contribution in [2.75, 3.05) is 13.1 Å². The molecule has 0 aliphatic heterocycles. The first kappa shape index (κ1) is 15.3. The Morgan fingerprint density at radius 3 is 2.24 bits per heavy atom. The minimum atomic E-state index is -0.874. The lowest BCUT2D eigenvalue weighted by atomic mass is 10.1. The van der Waals surface area contributed by atoms with Crippen LogP contribution in [0.4, 0.5) is 0 Å². The highest BCUT2D eigenvalue weighted by atomic mass is 16.4. The van der Waals surface area contributed by atoms with Crippen LogP contribution in [0, 0.1) is 0 Å². The predicted molar refractivity (Wildman–Crippen MR) is 84.5 cm³/mol. The summed E-state index contributed by atoms with van der Waals surface area (Å²) in [5, 5.41) is 8.89. The number of hydrogen-bond donors (Lipinski definition) is 1. The molecular formula is C18H21NO2. The quantitative estimate of drug-likeness (QED) is 0.846. The topological polar surface area (TPSA) is 40.5 Å². The Labute approximate surface area is 125 Å². The van der Waals surface area contributed by atoms with Gasteiger partial charge in [0.2, 0.25) is 0 Å². The molecule has 110 valence electrons. The van der Waals surface area contributed by atoms with Crippen LogP contribution in [-0.4, -0.2) is 29.1 Å². The van der Waals surface area contributed by atoms with E-state index < -0.39 is 5.97 Å². The second-order valence-corrected chi connectivity index (χ2v) is 5.11. The van der Waals surface area contributed by atoms with Gasteiger partial charge in [-0.25, -0.2) is 4.79 Å². The van der Waals surface area contributed by atoms with Gasteiger partial charge in [0, 0.05) is 13.1 Å². The molecule has 0 fully saturated rings. The maximum atomic E-state index is 10.8. The number of hydrogen-bond acceptors (Lipinski definition) is 2. The molecular weight excluding hydrogens is 262 g/mol. The number of aromatic carboxylic acids is 1. The number of carboxylic acid groups (broad SMARTS) is 1. The number of carbonyl (C=O) groups is 1. The highest BCUT2D eigenvalue weighted by Gasteiger charge is 2.05. The Bertz CT molecular complexity index is 564. The summed E-state index contributed by atoms with van der Waals surface area (Å²) in [6, 6.07) is 17.6. The fourth-order valence-electron chi connectivity index (χ4n) is 2.29. The monoisotopic (exact) mass is 283 g/mol. The number of rotatable bonds is 7. The fraction of sp³-hybridized carbons (Fsp3) is 0.278. The van der Waals surface area contributed by atoms with Crippen LogP contribution in [0.5, 0.6) is 0 Å². The number of benzene rings is 2. The molecule has 2 aromatic rings. The van der Waals surface area contributed by atoms with Crippen molar-refractivity contribution < 1.29 is 9.90 Å². The van der Waals surface area contributed by atoms with Crippen molar-refractivity contribution in [2.24, 2.45) is 0 Å². The molecule has 0 aliphatic carbocycles. The summed E-state index contributed by atoms with van der Waals surface area (Å²) < 4.78 is 0. The molecule has 2 rings (SSSR count). The van der Waals surface area contributed by atoms with Crippen molar-refractivity contribution >= 4 is 5.97 Å². The van der Waals surface area contributed by atoms with Crippen molar-refractivity contribution in [3.63, 3.8) is 0 Å². The van der Waals surface area contributed by atoms with E-state index in [9.17, 15) is 4.79 Å². The highest BCUT2D eigenvalue weighted by Crippen LogP contribution is 2.08. The minimum Gasteiger partial charge on any atom is -0.478 e. The Kier molecular flexibility index (Phi) is 5.52. The van der Waals surface area contributed by atoms with Gasteiger partial charge in [-0.2, -0.15) is 0 Å². The second kappa shape index (κ2) is 7.60. The molecule has 0 unspecified atom stereocenters. The summed E-state index contributed by atoms with van der Waals surface area (Å²) in [5.74, 6) is -0.874. The van der Waals surface area contributed by atoms with E-state index in [-0.39, 0.29) is 0 Å². The van der Waals surface area contributed by atoms with Crippen LogP contribution in [0.1, 0.15) is 28.4 Å². The van der Waals surface area contributed by atoms with Crippen LogP contribution in [0.15, 0.2) is 54.6 Å². The van der Waals surface area contributed by atoms with Crippen LogP contribution in [0.25, 0.3) is 0 Å². The van der Waals surface area contributed by atoms with E-state index in [1.807, 2.05) is 18.2 Å². The minimum absolute atomic E-state index is 0.343. The molecule has 0 radical (unpaired) electrons. The summed E-state index contributed by atoms with van der Waals surface area (Å²) in [5.41, 5.74) is 2.84. The highest BCUT2D eigenvalue weighted by molar-refractivity contribution is 5.87. The second-order valence-electron chi connectivity index (χ2n) is 5.11. The number of nitrogens with zero attached hydrogens (tertiary/aromatic N) is 1.